The monoisotopic (exact) mass is 423 g/mol. The van der Waals surface area contributed by atoms with Crippen molar-refractivity contribution in [1.29, 1.82) is 0 Å². The molecule has 0 amide bonds. The quantitative estimate of drug-likeness (QED) is 0.580. The van der Waals surface area contributed by atoms with Gasteiger partial charge in [-0.2, -0.15) is 4.98 Å². The zero-order valence-corrected chi connectivity index (χ0v) is 17.0. The minimum Gasteiger partial charge on any atom is -0.465 e. The Hall–Kier alpha value is -3.72. The molecule has 160 valence electrons. The molecule has 0 spiro atoms. The molecule has 1 aliphatic rings. The molecule has 1 aliphatic heterocycles. The van der Waals surface area contributed by atoms with Crippen LogP contribution in [0.3, 0.4) is 0 Å². The molecule has 2 N–H and O–H groups in total. The van der Waals surface area contributed by atoms with E-state index in [1.807, 2.05) is 24.3 Å². The molecule has 1 fully saturated rings. The van der Waals surface area contributed by atoms with E-state index in [2.05, 4.69) is 25.5 Å². The van der Waals surface area contributed by atoms with E-state index in [4.69, 9.17) is 9.47 Å². The van der Waals surface area contributed by atoms with Crippen LogP contribution >= 0.6 is 0 Å². The Morgan fingerprint density at radius 2 is 1.87 bits per heavy atom. The van der Waals surface area contributed by atoms with Crippen LogP contribution in [0.1, 0.15) is 10.4 Å². The van der Waals surface area contributed by atoms with E-state index in [1.165, 1.54) is 7.11 Å². The van der Waals surface area contributed by atoms with Gasteiger partial charge in [-0.25, -0.2) is 14.2 Å². The normalized spacial score (nSPS) is 13.5. The van der Waals surface area contributed by atoms with Crippen LogP contribution in [0.15, 0.2) is 54.7 Å². The molecule has 0 bridgehead atoms. The fourth-order valence-electron chi connectivity index (χ4n) is 3.20. The average molecular weight is 423 g/mol. The first-order chi connectivity index (χ1) is 15.1. The van der Waals surface area contributed by atoms with E-state index in [1.54, 1.807) is 24.3 Å². The van der Waals surface area contributed by atoms with Gasteiger partial charge in [-0.3, -0.25) is 0 Å². The number of nitrogens with zero attached hydrogens (tertiary/aromatic N) is 3. The highest BCUT2D eigenvalue weighted by Crippen LogP contribution is 2.23. The summed E-state index contributed by atoms with van der Waals surface area (Å²) in [7, 11) is 1.30. The number of anilines is 5. The number of hydrogen-bond acceptors (Lipinski definition) is 8. The van der Waals surface area contributed by atoms with Crippen LogP contribution in [-0.4, -0.2) is 49.4 Å². The molecule has 0 aliphatic carbocycles. The van der Waals surface area contributed by atoms with Gasteiger partial charge in [0.15, 0.2) is 11.6 Å². The van der Waals surface area contributed by atoms with E-state index < -0.39 is 11.8 Å². The van der Waals surface area contributed by atoms with Crippen LogP contribution in [0.5, 0.6) is 0 Å². The standard InChI is InChI=1S/C22H22FN5O3/c1-30-21(29)15-3-2-4-17(13-15)25-20-19(23)14-24-22(27-20)26-16-5-7-18(8-6-16)28-9-11-31-12-10-28/h2-8,13-14H,9-12H2,1H3,(H2,24,25,26,27). The van der Waals surface area contributed by atoms with E-state index in [9.17, 15) is 9.18 Å². The highest BCUT2D eigenvalue weighted by Gasteiger charge is 2.12. The lowest BCUT2D eigenvalue weighted by atomic mass is 10.2. The van der Waals surface area contributed by atoms with Crippen LogP contribution in [0.2, 0.25) is 0 Å². The van der Waals surface area contributed by atoms with Crippen molar-refractivity contribution in [3.05, 3.63) is 66.1 Å². The number of hydrogen-bond donors (Lipinski definition) is 2. The first-order valence-corrected chi connectivity index (χ1v) is 9.80. The molecular formula is C22H22FN5O3. The number of aromatic nitrogens is 2. The maximum absolute atomic E-state index is 14.3. The van der Waals surface area contributed by atoms with Crippen molar-refractivity contribution in [2.45, 2.75) is 0 Å². The van der Waals surface area contributed by atoms with Crippen LogP contribution in [0, 0.1) is 5.82 Å². The Balaban J connectivity index is 1.47. The Labute approximate surface area is 179 Å². The third-order valence-corrected chi connectivity index (χ3v) is 4.79. The summed E-state index contributed by atoms with van der Waals surface area (Å²) in [4.78, 5) is 22.2. The number of carbonyl (C=O) groups excluding carboxylic acids is 1. The van der Waals surface area contributed by atoms with Crippen LogP contribution < -0.4 is 15.5 Å². The first-order valence-electron chi connectivity index (χ1n) is 9.80. The molecule has 0 atom stereocenters. The number of rotatable bonds is 6. The van der Waals surface area contributed by atoms with Crippen LogP contribution in [-0.2, 0) is 9.47 Å². The Morgan fingerprint density at radius 3 is 2.61 bits per heavy atom. The number of benzene rings is 2. The van der Waals surface area contributed by atoms with E-state index in [0.717, 1.165) is 43.9 Å². The molecule has 9 heteroatoms. The molecule has 0 radical (unpaired) electrons. The van der Waals surface area contributed by atoms with Gasteiger partial charge in [0.2, 0.25) is 5.95 Å². The minimum absolute atomic E-state index is 0.00977. The summed E-state index contributed by atoms with van der Waals surface area (Å²) >= 11 is 0. The Bertz CT molecular complexity index is 1060. The molecule has 0 saturated carbocycles. The lowest BCUT2D eigenvalue weighted by Crippen LogP contribution is -2.36. The summed E-state index contributed by atoms with van der Waals surface area (Å²) in [5.74, 6) is -0.858. The van der Waals surface area contributed by atoms with Crippen molar-refractivity contribution in [2.75, 3.05) is 48.9 Å². The van der Waals surface area contributed by atoms with Crippen molar-refractivity contribution in [3.63, 3.8) is 0 Å². The predicted molar refractivity (Wildman–Crippen MR) is 116 cm³/mol. The smallest absolute Gasteiger partial charge is 0.337 e. The van der Waals surface area contributed by atoms with Gasteiger partial charge in [0.05, 0.1) is 32.1 Å². The van der Waals surface area contributed by atoms with Crippen molar-refractivity contribution < 1.29 is 18.7 Å². The average Bonchev–Trinajstić information content (AvgIpc) is 2.82. The van der Waals surface area contributed by atoms with Crippen LogP contribution in [0.25, 0.3) is 0 Å². The second-order valence-electron chi connectivity index (χ2n) is 6.86. The van der Waals surface area contributed by atoms with Gasteiger partial charge in [-0.05, 0) is 42.5 Å². The highest BCUT2D eigenvalue weighted by molar-refractivity contribution is 5.90. The van der Waals surface area contributed by atoms with Crippen LogP contribution in [0.4, 0.5) is 33.2 Å². The second kappa shape index (κ2) is 9.40. The molecule has 0 unspecified atom stereocenters. The molecule has 4 rings (SSSR count). The van der Waals surface area contributed by atoms with Gasteiger partial charge < -0.3 is 25.0 Å². The summed E-state index contributed by atoms with van der Waals surface area (Å²) in [5.41, 5.74) is 2.74. The van der Waals surface area contributed by atoms with Gasteiger partial charge in [0, 0.05) is 30.2 Å². The second-order valence-corrected chi connectivity index (χ2v) is 6.86. The minimum atomic E-state index is -0.614. The number of carbonyl (C=O) groups is 1. The molecule has 2 heterocycles. The molecular weight excluding hydrogens is 401 g/mol. The Kier molecular flexibility index (Phi) is 6.23. The summed E-state index contributed by atoms with van der Waals surface area (Å²) < 4.78 is 24.3. The summed E-state index contributed by atoms with van der Waals surface area (Å²) in [6, 6.07) is 14.4. The summed E-state index contributed by atoms with van der Waals surface area (Å²) in [5, 5.41) is 5.96. The van der Waals surface area contributed by atoms with Crippen molar-refractivity contribution in [3.8, 4) is 0 Å². The molecule has 31 heavy (non-hydrogen) atoms. The highest BCUT2D eigenvalue weighted by atomic mass is 19.1. The summed E-state index contributed by atoms with van der Waals surface area (Å²) in [6.07, 6.45) is 1.09. The fourth-order valence-corrected chi connectivity index (χ4v) is 3.20. The summed E-state index contributed by atoms with van der Waals surface area (Å²) in [6.45, 7) is 3.17. The van der Waals surface area contributed by atoms with Gasteiger partial charge in [-0.15, -0.1) is 0 Å². The van der Waals surface area contributed by atoms with Gasteiger partial charge >= 0.3 is 5.97 Å². The third-order valence-electron chi connectivity index (χ3n) is 4.79. The lowest BCUT2D eigenvalue weighted by Gasteiger charge is -2.28. The van der Waals surface area contributed by atoms with Gasteiger partial charge in [0.1, 0.15) is 0 Å². The maximum Gasteiger partial charge on any atom is 0.337 e. The Morgan fingerprint density at radius 1 is 1.10 bits per heavy atom. The topological polar surface area (TPSA) is 88.6 Å². The largest absolute Gasteiger partial charge is 0.465 e. The van der Waals surface area contributed by atoms with Crippen molar-refractivity contribution >= 4 is 34.8 Å². The number of esters is 1. The van der Waals surface area contributed by atoms with Gasteiger partial charge in [-0.1, -0.05) is 6.07 Å². The molecule has 1 saturated heterocycles. The number of halogens is 1. The van der Waals surface area contributed by atoms with Crippen molar-refractivity contribution in [2.24, 2.45) is 0 Å². The van der Waals surface area contributed by atoms with Gasteiger partial charge in [0.25, 0.3) is 0 Å². The first kappa shape index (κ1) is 20.5. The molecule has 3 aromatic rings. The third kappa shape index (κ3) is 5.07. The van der Waals surface area contributed by atoms with E-state index in [-0.39, 0.29) is 11.8 Å². The zero-order valence-electron chi connectivity index (χ0n) is 17.0. The van der Waals surface area contributed by atoms with E-state index in [0.29, 0.717) is 11.3 Å². The fraction of sp³-hybridized carbons (Fsp3) is 0.227. The maximum atomic E-state index is 14.3. The number of ether oxygens (including phenoxy) is 2. The van der Waals surface area contributed by atoms with Crippen molar-refractivity contribution in [1.82, 2.24) is 9.97 Å². The number of morpholine rings is 1. The lowest BCUT2D eigenvalue weighted by molar-refractivity contribution is 0.0601. The SMILES string of the molecule is COC(=O)c1cccc(Nc2nc(Nc3ccc(N4CCOCC4)cc3)ncc2F)c1. The molecule has 2 aromatic carbocycles. The predicted octanol–water partition coefficient (Wildman–Crippen LogP) is 3.73. The molecule has 8 nitrogen and oxygen atoms in total. The number of nitrogens with one attached hydrogen (secondary N) is 2. The van der Waals surface area contributed by atoms with E-state index >= 15 is 0 Å². The molecule has 1 aromatic heterocycles. The number of methoxy groups -OCH3 is 1. The zero-order chi connectivity index (χ0) is 21.6.